The summed E-state index contributed by atoms with van der Waals surface area (Å²) in [7, 11) is 0. The summed E-state index contributed by atoms with van der Waals surface area (Å²) in [6.45, 7) is 2.82. The largest absolute Gasteiger partial charge is 0.303 e. The average Bonchev–Trinajstić information content (AvgIpc) is 2.75. The molecular formula is C12H14N4. The molecule has 4 heteroatoms. The first kappa shape index (κ1) is 9.54. The van der Waals surface area contributed by atoms with E-state index in [1.165, 1.54) is 11.1 Å². The van der Waals surface area contributed by atoms with Crippen LogP contribution in [0.4, 0.5) is 0 Å². The van der Waals surface area contributed by atoms with Crippen LogP contribution in [-0.2, 0) is 13.0 Å². The molecule has 0 saturated heterocycles. The fourth-order valence-electron chi connectivity index (χ4n) is 2.15. The average molecular weight is 214 g/mol. The Balaban J connectivity index is 1.88. The molecule has 2 N–H and O–H groups in total. The highest BCUT2D eigenvalue weighted by molar-refractivity contribution is 5.30. The number of aromatic nitrogens is 3. The van der Waals surface area contributed by atoms with Crippen LogP contribution in [-0.4, -0.2) is 15.2 Å². The van der Waals surface area contributed by atoms with Gasteiger partial charge in [-0.25, -0.2) is 4.98 Å². The summed E-state index contributed by atoms with van der Waals surface area (Å²) in [5.41, 5.74) is 2.78. The Bertz CT molecular complexity index is 503. The first-order valence-electron chi connectivity index (χ1n) is 5.52. The van der Waals surface area contributed by atoms with Crippen molar-refractivity contribution in [2.24, 2.45) is 0 Å². The van der Waals surface area contributed by atoms with Crippen LogP contribution in [0, 0.1) is 6.92 Å². The minimum Gasteiger partial charge on any atom is -0.303 e. The van der Waals surface area contributed by atoms with Crippen molar-refractivity contribution in [3.63, 3.8) is 0 Å². The summed E-state index contributed by atoms with van der Waals surface area (Å²) in [5.74, 6) is 1.74. The van der Waals surface area contributed by atoms with Gasteiger partial charge in [0.1, 0.15) is 5.82 Å². The van der Waals surface area contributed by atoms with E-state index in [2.05, 4.69) is 44.8 Å². The predicted molar refractivity (Wildman–Crippen MR) is 60.8 cm³/mol. The second-order valence-electron chi connectivity index (χ2n) is 4.19. The van der Waals surface area contributed by atoms with E-state index >= 15 is 0 Å². The Morgan fingerprint density at radius 1 is 1.25 bits per heavy atom. The smallest absolute Gasteiger partial charge is 0.167 e. The molecule has 0 bridgehead atoms. The molecule has 2 aromatic rings. The molecule has 0 unspecified atom stereocenters. The summed E-state index contributed by atoms with van der Waals surface area (Å²) in [5, 5.41) is 10.6. The van der Waals surface area contributed by atoms with Crippen LogP contribution in [0.3, 0.4) is 0 Å². The highest BCUT2D eigenvalue weighted by Crippen LogP contribution is 2.23. The molecule has 3 rings (SSSR count). The molecule has 0 aliphatic carbocycles. The predicted octanol–water partition coefficient (Wildman–Crippen LogP) is 1.50. The summed E-state index contributed by atoms with van der Waals surface area (Å²) in [6, 6.07) is 8.76. The number of nitrogens with one attached hydrogen (secondary N) is 2. The third kappa shape index (κ3) is 1.61. The third-order valence-electron chi connectivity index (χ3n) is 3.01. The fraction of sp³-hybridized carbons (Fsp3) is 0.333. The molecule has 1 atom stereocenters. The zero-order valence-corrected chi connectivity index (χ0v) is 9.20. The molecule has 4 nitrogen and oxygen atoms in total. The maximum atomic E-state index is 4.38. The maximum absolute atomic E-state index is 4.38. The zero-order chi connectivity index (χ0) is 11.0. The molecule has 82 valence electrons. The molecule has 2 heterocycles. The van der Waals surface area contributed by atoms with Crippen molar-refractivity contribution in [3.05, 3.63) is 47.0 Å². The summed E-state index contributed by atoms with van der Waals surface area (Å²) in [6.07, 6.45) is 0.966. The number of aryl methyl sites for hydroxylation is 1. The number of hydrogen-bond acceptors (Lipinski definition) is 3. The molecule has 0 spiro atoms. The van der Waals surface area contributed by atoms with Crippen molar-refractivity contribution in [3.8, 4) is 0 Å². The van der Waals surface area contributed by atoms with Crippen molar-refractivity contribution >= 4 is 0 Å². The summed E-state index contributed by atoms with van der Waals surface area (Å²) >= 11 is 0. The van der Waals surface area contributed by atoms with E-state index in [0.29, 0.717) is 0 Å². The van der Waals surface area contributed by atoms with Crippen LogP contribution >= 0.6 is 0 Å². The van der Waals surface area contributed by atoms with E-state index in [4.69, 9.17) is 0 Å². The van der Waals surface area contributed by atoms with Gasteiger partial charge in [-0.2, -0.15) is 5.10 Å². The van der Waals surface area contributed by atoms with Gasteiger partial charge in [0.05, 0.1) is 6.04 Å². The van der Waals surface area contributed by atoms with Crippen LogP contribution in [0.2, 0.25) is 0 Å². The normalized spacial score (nSPS) is 19.4. The summed E-state index contributed by atoms with van der Waals surface area (Å²) < 4.78 is 0. The van der Waals surface area contributed by atoms with Crippen LogP contribution in [0.25, 0.3) is 0 Å². The number of hydrogen-bond donors (Lipinski definition) is 2. The molecule has 16 heavy (non-hydrogen) atoms. The van der Waals surface area contributed by atoms with Crippen LogP contribution in [0.5, 0.6) is 0 Å². The Labute approximate surface area is 94.1 Å². The number of H-pyrrole nitrogens is 1. The molecule has 1 aliphatic heterocycles. The molecule has 0 fully saturated rings. The van der Waals surface area contributed by atoms with E-state index in [1.54, 1.807) is 0 Å². The lowest BCUT2D eigenvalue weighted by Crippen LogP contribution is -2.29. The standard InChI is InChI=1S/C12H14N4/c1-8-14-12(16-15-8)11-6-9-4-2-3-5-10(9)7-13-11/h2-5,11,13H,6-7H2,1H3,(H,14,15,16)/t11-/m0/s1. The number of rotatable bonds is 1. The Morgan fingerprint density at radius 2 is 2.06 bits per heavy atom. The Hall–Kier alpha value is -1.68. The SMILES string of the molecule is Cc1nc([C@@H]2Cc3ccccc3CN2)n[nH]1. The van der Waals surface area contributed by atoms with Crippen molar-refractivity contribution in [1.29, 1.82) is 0 Å². The third-order valence-corrected chi connectivity index (χ3v) is 3.01. The highest BCUT2D eigenvalue weighted by atomic mass is 15.2. The van der Waals surface area contributed by atoms with Crippen LogP contribution in [0.15, 0.2) is 24.3 Å². The van der Waals surface area contributed by atoms with Gasteiger partial charge in [-0.3, -0.25) is 5.10 Å². The number of nitrogens with zero attached hydrogens (tertiary/aromatic N) is 2. The monoisotopic (exact) mass is 214 g/mol. The number of aromatic amines is 1. The van der Waals surface area contributed by atoms with Gasteiger partial charge in [-0.1, -0.05) is 24.3 Å². The fourth-order valence-corrected chi connectivity index (χ4v) is 2.15. The van der Waals surface area contributed by atoms with E-state index in [9.17, 15) is 0 Å². The van der Waals surface area contributed by atoms with Gasteiger partial charge >= 0.3 is 0 Å². The minimum atomic E-state index is 0.236. The summed E-state index contributed by atoms with van der Waals surface area (Å²) in [4.78, 5) is 4.38. The molecule has 0 amide bonds. The molecule has 0 radical (unpaired) electrons. The van der Waals surface area contributed by atoms with Crippen LogP contribution in [0.1, 0.15) is 28.8 Å². The van der Waals surface area contributed by atoms with Crippen molar-refractivity contribution in [2.75, 3.05) is 0 Å². The first-order valence-corrected chi connectivity index (χ1v) is 5.52. The van der Waals surface area contributed by atoms with Gasteiger partial charge < -0.3 is 5.32 Å². The molecule has 1 aromatic heterocycles. The zero-order valence-electron chi connectivity index (χ0n) is 9.20. The van der Waals surface area contributed by atoms with Crippen molar-refractivity contribution in [1.82, 2.24) is 20.5 Å². The van der Waals surface area contributed by atoms with Crippen molar-refractivity contribution < 1.29 is 0 Å². The second kappa shape index (κ2) is 3.72. The lowest BCUT2D eigenvalue weighted by Gasteiger charge is -2.23. The quantitative estimate of drug-likeness (QED) is 0.756. The lowest BCUT2D eigenvalue weighted by molar-refractivity contribution is 0.477. The number of benzene rings is 1. The second-order valence-corrected chi connectivity index (χ2v) is 4.19. The Kier molecular flexibility index (Phi) is 2.22. The van der Waals surface area contributed by atoms with E-state index < -0.39 is 0 Å². The maximum Gasteiger partial charge on any atom is 0.167 e. The highest BCUT2D eigenvalue weighted by Gasteiger charge is 2.21. The van der Waals surface area contributed by atoms with E-state index in [1.807, 2.05) is 6.92 Å². The molecular weight excluding hydrogens is 200 g/mol. The molecule has 0 saturated carbocycles. The number of fused-ring (bicyclic) bond motifs is 1. The van der Waals surface area contributed by atoms with Gasteiger partial charge in [0.25, 0.3) is 0 Å². The lowest BCUT2D eigenvalue weighted by atomic mass is 9.96. The minimum absolute atomic E-state index is 0.236. The van der Waals surface area contributed by atoms with Gasteiger partial charge in [0.2, 0.25) is 0 Å². The molecule has 1 aromatic carbocycles. The van der Waals surface area contributed by atoms with Gasteiger partial charge in [-0.05, 0) is 24.5 Å². The van der Waals surface area contributed by atoms with Gasteiger partial charge in [0, 0.05) is 6.54 Å². The first-order chi connectivity index (χ1) is 7.83. The Morgan fingerprint density at radius 3 is 2.81 bits per heavy atom. The van der Waals surface area contributed by atoms with Gasteiger partial charge in [-0.15, -0.1) is 0 Å². The van der Waals surface area contributed by atoms with Gasteiger partial charge in [0.15, 0.2) is 5.82 Å². The topological polar surface area (TPSA) is 53.6 Å². The van der Waals surface area contributed by atoms with E-state index in [-0.39, 0.29) is 6.04 Å². The van der Waals surface area contributed by atoms with E-state index in [0.717, 1.165) is 24.6 Å². The van der Waals surface area contributed by atoms with Crippen LogP contribution < -0.4 is 5.32 Å². The van der Waals surface area contributed by atoms with Crippen molar-refractivity contribution in [2.45, 2.75) is 25.9 Å². The molecule has 1 aliphatic rings.